The highest BCUT2D eigenvalue weighted by molar-refractivity contribution is 7.91. The fourth-order valence-electron chi connectivity index (χ4n) is 5.78. The number of nitrogens with zero attached hydrogens (tertiary/aromatic N) is 4. The highest BCUT2D eigenvalue weighted by Crippen LogP contribution is 2.47. The van der Waals surface area contributed by atoms with E-state index in [0.29, 0.717) is 55.2 Å². The minimum absolute atomic E-state index is 0.0852. The molecule has 6 rings (SSSR count). The van der Waals surface area contributed by atoms with Gasteiger partial charge in [0.15, 0.2) is 9.84 Å². The maximum Gasteiger partial charge on any atom is 0.225 e. The standard InChI is InChI=1S/C30H32FN5O4S2/c1-40-22-7-9-25(33-17-22)29-34-26(23-8-4-20(31)16-24(23)28(37)35-30(18-32)10-11-30)27(41-29)19-2-5-21(6-3-19)36-12-14-42(38,39)15-13-36/h2-3,5-7,9,17,20,23-24H,4,8,10-16H2,1H3,(H,35,37). The van der Waals surface area contributed by atoms with Gasteiger partial charge in [0.25, 0.3) is 0 Å². The second kappa shape index (κ2) is 11.3. The Balaban J connectivity index is 1.36. The Bertz CT molecular complexity index is 1600. The molecule has 1 N–H and O–H groups in total. The summed E-state index contributed by atoms with van der Waals surface area (Å²) in [7, 11) is -1.41. The fourth-order valence-corrected chi connectivity index (χ4v) is 8.10. The molecule has 42 heavy (non-hydrogen) atoms. The molecule has 0 bridgehead atoms. The van der Waals surface area contributed by atoms with Crippen molar-refractivity contribution in [3.8, 4) is 33.0 Å². The van der Waals surface area contributed by atoms with Gasteiger partial charge in [0.05, 0.1) is 47.1 Å². The van der Waals surface area contributed by atoms with E-state index in [4.69, 9.17) is 9.72 Å². The van der Waals surface area contributed by atoms with Gasteiger partial charge in [-0.1, -0.05) is 12.1 Å². The number of hydrogen-bond donors (Lipinski definition) is 1. The SMILES string of the molecule is COc1ccc(-c2nc(C3CCC(F)CC3C(=O)NC3(C#N)CC3)c(-c3ccc(N4CCS(=O)(=O)CC4)cc3)s2)nc1. The third-order valence-electron chi connectivity index (χ3n) is 8.48. The van der Waals surface area contributed by atoms with Crippen LogP contribution in [0.15, 0.2) is 42.6 Å². The Kier molecular flexibility index (Phi) is 7.66. The van der Waals surface area contributed by atoms with E-state index >= 15 is 0 Å². The van der Waals surface area contributed by atoms with Crippen LogP contribution in [0.2, 0.25) is 0 Å². The number of rotatable bonds is 7. The normalized spacial score (nSPS) is 24.4. The molecule has 12 heteroatoms. The summed E-state index contributed by atoms with van der Waals surface area (Å²) in [6.07, 6.45) is 2.64. The van der Waals surface area contributed by atoms with Crippen molar-refractivity contribution in [1.82, 2.24) is 15.3 Å². The third kappa shape index (κ3) is 5.85. The average molecular weight is 610 g/mol. The average Bonchev–Trinajstić information content (AvgIpc) is 3.64. The number of methoxy groups -OCH3 is 1. The quantitative estimate of drug-likeness (QED) is 0.415. The molecule has 0 radical (unpaired) electrons. The lowest BCUT2D eigenvalue weighted by atomic mass is 9.75. The van der Waals surface area contributed by atoms with Crippen LogP contribution in [0, 0.1) is 17.2 Å². The molecule has 3 aromatic rings. The molecule has 2 aliphatic carbocycles. The first kappa shape index (κ1) is 28.6. The number of anilines is 1. The number of halogens is 1. The molecule has 1 amide bonds. The van der Waals surface area contributed by atoms with Crippen molar-refractivity contribution in [3.05, 3.63) is 48.3 Å². The number of aromatic nitrogens is 2. The van der Waals surface area contributed by atoms with Crippen molar-refractivity contribution in [3.63, 3.8) is 0 Å². The van der Waals surface area contributed by atoms with Crippen LogP contribution in [0.5, 0.6) is 5.75 Å². The smallest absolute Gasteiger partial charge is 0.225 e. The molecule has 3 fully saturated rings. The summed E-state index contributed by atoms with van der Waals surface area (Å²) in [6.45, 7) is 0.905. The van der Waals surface area contributed by atoms with Gasteiger partial charge >= 0.3 is 0 Å². The number of benzene rings is 1. The number of carbonyl (C=O) groups excluding carboxylic acids is 1. The zero-order chi connectivity index (χ0) is 29.5. The Morgan fingerprint density at radius 1 is 1.17 bits per heavy atom. The number of nitriles is 1. The van der Waals surface area contributed by atoms with Crippen molar-refractivity contribution < 1.29 is 22.3 Å². The number of pyridine rings is 1. The molecule has 3 heterocycles. The van der Waals surface area contributed by atoms with Gasteiger partial charge in [0, 0.05) is 30.6 Å². The van der Waals surface area contributed by atoms with Gasteiger partial charge in [0.2, 0.25) is 5.91 Å². The van der Waals surface area contributed by atoms with E-state index in [1.54, 1.807) is 13.3 Å². The van der Waals surface area contributed by atoms with Crippen molar-refractivity contribution in [2.75, 3.05) is 36.6 Å². The van der Waals surface area contributed by atoms with E-state index in [0.717, 1.165) is 21.8 Å². The summed E-state index contributed by atoms with van der Waals surface area (Å²) in [5, 5.41) is 13.1. The number of thiazole rings is 1. The predicted molar refractivity (Wildman–Crippen MR) is 159 cm³/mol. The van der Waals surface area contributed by atoms with Crippen molar-refractivity contribution in [1.29, 1.82) is 5.26 Å². The third-order valence-corrected chi connectivity index (χ3v) is 11.2. The first-order valence-corrected chi connectivity index (χ1v) is 16.8. The number of sulfone groups is 1. The molecular weight excluding hydrogens is 577 g/mol. The van der Waals surface area contributed by atoms with E-state index in [-0.39, 0.29) is 29.8 Å². The summed E-state index contributed by atoms with van der Waals surface area (Å²) >= 11 is 1.47. The molecule has 3 aliphatic rings. The van der Waals surface area contributed by atoms with E-state index in [9.17, 15) is 22.9 Å². The first-order chi connectivity index (χ1) is 20.2. The molecule has 1 aliphatic heterocycles. The lowest BCUT2D eigenvalue weighted by molar-refractivity contribution is -0.128. The van der Waals surface area contributed by atoms with Crippen LogP contribution in [0.25, 0.3) is 21.1 Å². The molecule has 1 saturated heterocycles. The maximum atomic E-state index is 14.7. The fraction of sp³-hybridized carbons (Fsp3) is 0.467. The predicted octanol–water partition coefficient (Wildman–Crippen LogP) is 4.51. The van der Waals surface area contributed by atoms with Crippen LogP contribution < -0.4 is 15.0 Å². The number of ether oxygens (including phenoxy) is 1. The largest absolute Gasteiger partial charge is 0.495 e. The topological polar surface area (TPSA) is 125 Å². The zero-order valence-corrected chi connectivity index (χ0v) is 24.9. The van der Waals surface area contributed by atoms with Gasteiger partial charge < -0.3 is 15.0 Å². The number of amides is 1. The van der Waals surface area contributed by atoms with Crippen molar-refractivity contribution >= 4 is 32.8 Å². The Morgan fingerprint density at radius 2 is 1.90 bits per heavy atom. The van der Waals surface area contributed by atoms with Crippen LogP contribution in [-0.4, -0.2) is 67.7 Å². The van der Waals surface area contributed by atoms with Gasteiger partial charge in [0.1, 0.15) is 22.5 Å². The van der Waals surface area contributed by atoms with Gasteiger partial charge in [-0.05, 0) is 61.9 Å². The Labute approximate surface area is 248 Å². The minimum atomic E-state index is -2.99. The van der Waals surface area contributed by atoms with E-state index < -0.39 is 27.5 Å². The molecule has 3 unspecified atom stereocenters. The van der Waals surface area contributed by atoms with Crippen LogP contribution in [0.4, 0.5) is 10.1 Å². The maximum absolute atomic E-state index is 14.7. The first-order valence-electron chi connectivity index (χ1n) is 14.1. The summed E-state index contributed by atoms with van der Waals surface area (Å²) in [4.78, 5) is 26.0. The molecule has 220 valence electrons. The molecule has 2 aromatic heterocycles. The second-order valence-corrected chi connectivity index (χ2v) is 14.6. The van der Waals surface area contributed by atoms with Gasteiger partial charge in [-0.3, -0.25) is 4.79 Å². The highest BCUT2D eigenvalue weighted by Gasteiger charge is 2.48. The monoisotopic (exact) mass is 609 g/mol. The number of alkyl halides is 1. The van der Waals surface area contributed by atoms with Crippen molar-refractivity contribution in [2.45, 2.75) is 49.7 Å². The lowest BCUT2D eigenvalue weighted by Gasteiger charge is -2.32. The number of nitrogens with one attached hydrogen (secondary N) is 1. The van der Waals surface area contributed by atoms with E-state index in [2.05, 4.69) is 21.3 Å². The van der Waals surface area contributed by atoms with Gasteiger partial charge in [-0.2, -0.15) is 5.26 Å². The second-order valence-electron chi connectivity index (χ2n) is 11.3. The number of hydrogen-bond acceptors (Lipinski definition) is 9. The Morgan fingerprint density at radius 3 is 2.52 bits per heavy atom. The highest BCUT2D eigenvalue weighted by atomic mass is 32.2. The van der Waals surface area contributed by atoms with E-state index in [1.165, 1.54) is 11.3 Å². The van der Waals surface area contributed by atoms with Crippen LogP contribution in [0.1, 0.15) is 43.7 Å². The van der Waals surface area contributed by atoms with Gasteiger partial charge in [-0.15, -0.1) is 11.3 Å². The van der Waals surface area contributed by atoms with E-state index in [1.807, 2.05) is 36.4 Å². The minimum Gasteiger partial charge on any atom is -0.495 e. The summed E-state index contributed by atoms with van der Waals surface area (Å²) in [5.74, 6) is -0.357. The van der Waals surface area contributed by atoms with Crippen molar-refractivity contribution in [2.24, 2.45) is 5.92 Å². The number of carbonyl (C=O) groups is 1. The summed E-state index contributed by atoms with van der Waals surface area (Å²) in [5.41, 5.74) is 2.42. The van der Waals surface area contributed by atoms with Crippen LogP contribution in [0.3, 0.4) is 0 Å². The zero-order valence-electron chi connectivity index (χ0n) is 23.3. The van der Waals surface area contributed by atoms with Crippen LogP contribution >= 0.6 is 11.3 Å². The Hall–Kier alpha value is -3.56. The lowest BCUT2D eigenvalue weighted by Crippen LogP contribution is -2.44. The van der Waals surface area contributed by atoms with Gasteiger partial charge in [-0.25, -0.2) is 22.8 Å². The summed E-state index contributed by atoms with van der Waals surface area (Å²) in [6, 6.07) is 13.8. The molecule has 9 nitrogen and oxygen atoms in total. The summed E-state index contributed by atoms with van der Waals surface area (Å²) < 4.78 is 43.8. The molecule has 3 atom stereocenters. The molecule has 2 saturated carbocycles. The van der Waals surface area contributed by atoms with Crippen LogP contribution in [-0.2, 0) is 14.6 Å². The molecule has 0 spiro atoms. The molecule has 1 aromatic carbocycles. The molecular formula is C30H32FN5O4S2.